The summed E-state index contributed by atoms with van der Waals surface area (Å²) in [6.45, 7) is 2.07. The van der Waals surface area contributed by atoms with Crippen LogP contribution < -0.4 is 0 Å². The van der Waals surface area contributed by atoms with Crippen molar-refractivity contribution in [2.24, 2.45) is 5.92 Å². The molecule has 0 aromatic carbocycles. The molecule has 0 heteroatoms. The molecule has 0 heterocycles. The van der Waals surface area contributed by atoms with Gasteiger partial charge in [-0.2, -0.15) is 0 Å². The van der Waals surface area contributed by atoms with Gasteiger partial charge >= 0.3 is 0 Å². The molecule has 0 aliphatic heterocycles. The van der Waals surface area contributed by atoms with E-state index in [1.165, 1.54) is 30.4 Å². The van der Waals surface area contributed by atoms with Gasteiger partial charge < -0.3 is 0 Å². The Labute approximate surface area is 104 Å². The monoisotopic (exact) mass is 224 g/mol. The normalized spacial score (nSPS) is 21.2. The van der Waals surface area contributed by atoms with Crippen LogP contribution in [-0.2, 0) is 0 Å². The minimum Gasteiger partial charge on any atom is -0.0877 e. The first-order chi connectivity index (χ1) is 8.42. The van der Waals surface area contributed by atoms with Crippen molar-refractivity contribution < 1.29 is 0 Å². The van der Waals surface area contributed by atoms with E-state index in [1.54, 1.807) is 0 Å². The highest BCUT2D eigenvalue weighted by atomic mass is 14.2. The largest absolute Gasteiger partial charge is 0.0877 e. The van der Waals surface area contributed by atoms with Crippen molar-refractivity contribution in [3.63, 3.8) is 0 Å². The molecule has 2 aliphatic rings. The van der Waals surface area contributed by atoms with E-state index in [-0.39, 0.29) is 0 Å². The molecule has 2 rings (SSSR count). The maximum absolute atomic E-state index is 2.28. The maximum atomic E-state index is 2.28. The molecule has 0 amide bonds. The average molecular weight is 224 g/mol. The molecular formula is C17H20. The van der Waals surface area contributed by atoms with E-state index in [0.29, 0.717) is 5.92 Å². The molecule has 2 aliphatic carbocycles. The molecule has 0 saturated heterocycles. The van der Waals surface area contributed by atoms with Crippen LogP contribution in [0, 0.1) is 5.92 Å². The van der Waals surface area contributed by atoms with Crippen molar-refractivity contribution in [3.8, 4) is 0 Å². The minimum atomic E-state index is 0.462. The highest BCUT2D eigenvalue weighted by Crippen LogP contribution is 2.30. The standard InChI is InChI=1S/C17H20/c1-2-3-14-17(16-12-8-9-13-16)15-10-6-4-5-7-11-15/h2-4,6,8-10,12-14,16H,5,7,11H2,1H3. The molecule has 0 nitrogen and oxygen atoms in total. The maximum Gasteiger partial charge on any atom is 0.0207 e. The molecule has 0 fully saturated rings. The van der Waals surface area contributed by atoms with Gasteiger partial charge in [-0.3, -0.25) is 0 Å². The molecule has 0 unspecified atom stereocenters. The molecule has 0 saturated carbocycles. The fraction of sp³-hybridized carbons (Fsp3) is 0.294. The Kier molecular flexibility index (Phi) is 4.37. The van der Waals surface area contributed by atoms with Gasteiger partial charge in [-0.15, -0.1) is 0 Å². The van der Waals surface area contributed by atoms with Gasteiger partial charge in [0.1, 0.15) is 0 Å². The summed E-state index contributed by atoms with van der Waals surface area (Å²) >= 11 is 0. The van der Waals surface area contributed by atoms with Crippen molar-refractivity contribution in [1.82, 2.24) is 0 Å². The van der Waals surface area contributed by atoms with Gasteiger partial charge in [-0.05, 0) is 37.3 Å². The number of allylic oxidation sites excluding steroid dienone is 12. The molecule has 0 bridgehead atoms. The number of hydrogen-bond acceptors (Lipinski definition) is 0. The molecule has 0 spiro atoms. The van der Waals surface area contributed by atoms with Crippen LogP contribution in [0.3, 0.4) is 0 Å². The predicted molar refractivity (Wildman–Crippen MR) is 75.7 cm³/mol. The Morgan fingerprint density at radius 3 is 2.82 bits per heavy atom. The fourth-order valence-electron chi connectivity index (χ4n) is 2.29. The van der Waals surface area contributed by atoms with E-state index in [9.17, 15) is 0 Å². The van der Waals surface area contributed by atoms with Gasteiger partial charge in [0.15, 0.2) is 0 Å². The van der Waals surface area contributed by atoms with Crippen LogP contribution in [0.2, 0.25) is 0 Å². The predicted octanol–water partition coefficient (Wildman–Crippen LogP) is 4.90. The molecule has 88 valence electrons. The molecule has 0 atom stereocenters. The van der Waals surface area contributed by atoms with Crippen LogP contribution >= 0.6 is 0 Å². The minimum absolute atomic E-state index is 0.462. The van der Waals surface area contributed by atoms with Crippen LogP contribution in [0.15, 0.2) is 71.9 Å². The Balaban J connectivity index is 2.26. The zero-order chi connectivity index (χ0) is 11.9. The molecule has 17 heavy (non-hydrogen) atoms. The first kappa shape index (κ1) is 11.9. The zero-order valence-electron chi connectivity index (χ0n) is 10.5. The summed E-state index contributed by atoms with van der Waals surface area (Å²) in [5.74, 6) is 0.462. The van der Waals surface area contributed by atoms with Gasteiger partial charge in [0.25, 0.3) is 0 Å². The molecule has 0 N–H and O–H groups in total. The van der Waals surface area contributed by atoms with Crippen molar-refractivity contribution in [2.45, 2.75) is 26.2 Å². The smallest absolute Gasteiger partial charge is 0.0207 e. The van der Waals surface area contributed by atoms with E-state index in [2.05, 4.69) is 67.7 Å². The van der Waals surface area contributed by atoms with Crippen LogP contribution in [0.25, 0.3) is 0 Å². The van der Waals surface area contributed by atoms with Crippen LogP contribution in [0.1, 0.15) is 26.2 Å². The topological polar surface area (TPSA) is 0 Å². The molecule has 0 radical (unpaired) electrons. The summed E-state index contributed by atoms with van der Waals surface area (Å²) < 4.78 is 0. The summed E-state index contributed by atoms with van der Waals surface area (Å²) in [5.41, 5.74) is 2.93. The molecular weight excluding hydrogens is 204 g/mol. The lowest BCUT2D eigenvalue weighted by Crippen LogP contribution is -1.99. The summed E-state index contributed by atoms with van der Waals surface area (Å²) in [6.07, 6.45) is 25.7. The Bertz CT molecular complexity index is 413. The second-order valence-corrected chi connectivity index (χ2v) is 4.46. The molecule has 0 aromatic heterocycles. The Morgan fingerprint density at radius 2 is 2.06 bits per heavy atom. The van der Waals surface area contributed by atoms with Crippen molar-refractivity contribution >= 4 is 0 Å². The van der Waals surface area contributed by atoms with Gasteiger partial charge in [0.2, 0.25) is 0 Å². The van der Waals surface area contributed by atoms with Crippen LogP contribution in [0.4, 0.5) is 0 Å². The van der Waals surface area contributed by atoms with Gasteiger partial charge in [0, 0.05) is 5.92 Å². The van der Waals surface area contributed by atoms with Gasteiger partial charge in [0.05, 0.1) is 0 Å². The quantitative estimate of drug-likeness (QED) is 0.598. The van der Waals surface area contributed by atoms with E-state index in [1.807, 2.05) is 0 Å². The average Bonchev–Trinajstić information content (AvgIpc) is 2.73. The van der Waals surface area contributed by atoms with E-state index in [4.69, 9.17) is 0 Å². The number of hydrogen-bond donors (Lipinski definition) is 0. The fourth-order valence-corrected chi connectivity index (χ4v) is 2.29. The lowest BCUT2D eigenvalue weighted by atomic mass is 9.90. The first-order valence-electron chi connectivity index (χ1n) is 6.46. The van der Waals surface area contributed by atoms with E-state index >= 15 is 0 Å². The lowest BCUT2D eigenvalue weighted by molar-refractivity contribution is 0.824. The summed E-state index contributed by atoms with van der Waals surface area (Å²) in [5, 5.41) is 0. The number of rotatable bonds is 3. The molecule has 0 aromatic rings. The third kappa shape index (κ3) is 3.20. The second-order valence-electron chi connectivity index (χ2n) is 4.46. The Hall–Kier alpha value is -1.56. The highest BCUT2D eigenvalue weighted by Gasteiger charge is 2.14. The van der Waals surface area contributed by atoms with Crippen LogP contribution in [0.5, 0.6) is 0 Å². The van der Waals surface area contributed by atoms with Gasteiger partial charge in [-0.25, -0.2) is 0 Å². The third-order valence-corrected chi connectivity index (χ3v) is 3.20. The van der Waals surface area contributed by atoms with Gasteiger partial charge in [-0.1, -0.05) is 60.8 Å². The first-order valence-corrected chi connectivity index (χ1v) is 6.46. The van der Waals surface area contributed by atoms with Crippen molar-refractivity contribution in [3.05, 3.63) is 71.9 Å². The van der Waals surface area contributed by atoms with Crippen molar-refractivity contribution in [1.29, 1.82) is 0 Å². The summed E-state index contributed by atoms with van der Waals surface area (Å²) in [6, 6.07) is 0. The van der Waals surface area contributed by atoms with Crippen molar-refractivity contribution in [2.75, 3.05) is 0 Å². The SMILES string of the molecule is CC=CC=C(C1=CC=CCCC1)C1C=CC=C1. The lowest BCUT2D eigenvalue weighted by Gasteiger charge is -2.14. The third-order valence-electron chi connectivity index (χ3n) is 3.20. The second kappa shape index (κ2) is 6.24. The van der Waals surface area contributed by atoms with Crippen LogP contribution in [-0.4, -0.2) is 0 Å². The van der Waals surface area contributed by atoms with E-state index < -0.39 is 0 Å². The van der Waals surface area contributed by atoms with E-state index in [0.717, 1.165) is 0 Å². The highest BCUT2D eigenvalue weighted by molar-refractivity contribution is 5.44. The summed E-state index contributed by atoms with van der Waals surface area (Å²) in [4.78, 5) is 0. The summed E-state index contributed by atoms with van der Waals surface area (Å²) in [7, 11) is 0. The zero-order valence-corrected chi connectivity index (χ0v) is 10.5. The Morgan fingerprint density at radius 1 is 1.24 bits per heavy atom.